The van der Waals surface area contributed by atoms with E-state index in [1.807, 2.05) is 12.3 Å². The summed E-state index contributed by atoms with van der Waals surface area (Å²) in [5, 5.41) is 16.1. The Morgan fingerprint density at radius 3 is 2.38 bits per heavy atom. The number of hydrogen-bond donors (Lipinski definition) is 6. The van der Waals surface area contributed by atoms with E-state index in [4.69, 9.17) is 20.2 Å². The molecule has 3 amide bonds. The third-order valence-electron chi connectivity index (χ3n) is 8.71. The lowest BCUT2D eigenvalue weighted by molar-refractivity contribution is -0.822. The molecule has 14 nitrogen and oxygen atoms in total. The van der Waals surface area contributed by atoms with Gasteiger partial charge in [0, 0.05) is 26.4 Å². The van der Waals surface area contributed by atoms with Crippen molar-refractivity contribution in [2.45, 2.75) is 125 Å². The second-order valence-corrected chi connectivity index (χ2v) is 13.1. The number of guanidine groups is 1. The SMILES string of the molecule is CCC1C[C@H]2OB([C@H](CC(C)C)NC(=O)CNC(=O)CCCCCNC(C)=O)O[C@H]2C(C)C1(C)C.CCCN=C(N)N[N+](=O)O. The van der Waals surface area contributed by atoms with Crippen LogP contribution in [-0.4, -0.2) is 78.8 Å². The normalized spacial score (nSPS) is 22.9. The lowest BCUT2D eigenvalue weighted by atomic mass is 9.60. The zero-order valence-corrected chi connectivity index (χ0v) is 28.7. The molecule has 7 N–H and O–H groups in total. The van der Waals surface area contributed by atoms with Gasteiger partial charge in [-0.3, -0.25) is 14.4 Å². The Kier molecular flexibility index (Phi) is 18.0. The Morgan fingerprint density at radius 1 is 1.11 bits per heavy atom. The molecule has 1 saturated carbocycles. The highest BCUT2D eigenvalue weighted by molar-refractivity contribution is 6.47. The van der Waals surface area contributed by atoms with E-state index in [2.05, 4.69) is 62.5 Å². The molecule has 1 saturated heterocycles. The van der Waals surface area contributed by atoms with Crippen molar-refractivity contribution in [2.75, 3.05) is 19.6 Å². The van der Waals surface area contributed by atoms with Gasteiger partial charge in [-0.05, 0) is 60.7 Å². The zero-order chi connectivity index (χ0) is 34.2. The molecule has 0 spiro atoms. The molecule has 1 aliphatic heterocycles. The predicted octanol–water partition coefficient (Wildman–Crippen LogP) is 2.62. The zero-order valence-electron chi connectivity index (χ0n) is 28.7. The van der Waals surface area contributed by atoms with Crippen molar-refractivity contribution in [3.8, 4) is 0 Å². The van der Waals surface area contributed by atoms with E-state index < -0.39 is 12.2 Å². The summed E-state index contributed by atoms with van der Waals surface area (Å²) in [6, 6.07) is 0. The number of aliphatic imine (C=N–C) groups is 1. The number of hydrogen-bond acceptors (Lipinski definition) is 7. The van der Waals surface area contributed by atoms with Gasteiger partial charge in [-0.15, -0.1) is 0 Å². The van der Waals surface area contributed by atoms with Crippen LogP contribution in [0.2, 0.25) is 0 Å². The second kappa shape index (κ2) is 20.2. The number of hydrazine groups is 1. The maximum Gasteiger partial charge on any atom is 0.481 e. The van der Waals surface area contributed by atoms with Crippen molar-refractivity contribution in [1.82, 2.24) is 21.4 Å². The fraction of sp³-hybridized carbons (Fsp3) is 0.867. The smallest absolute Gasteiger partial charge is 0.404 e. The number of nitrogens with one attached hydrogen (secondary N) is 4. The van der Waals surface area contributed by atoms with Gasteiger partial charge in [-0.25, -0.2) is 10.2 Å². The molecular weight excluding hydrogens is 581 g/mol. The molecule has 0 bridgehead atoms. The van der Waals surface area contributed by atoms with Gasteiger partial charge in [0.05, 0.1) is 24.7 Å². The van der Waals surface area contributed by atoms with Crippen molar-refractivity contribution in [2.24, 2.45) is 33.9 Å². The van der Waals surface area contributed by atoms with Crippen LogP contribution in [0.3, 0.4) is 0 Å². The number of nitrogens with zero attached hydrogens (tertiary/aromatic N) is 2. The quantitative estimate of drug-likeness (QED) is 0.0483. The predicted molar refractivity (Wildman–Crippen MR) is 174 cm³/mol. The average molecular weight is 641 g/mol. The summed E-state index contributed by atoms with van der Waals surface area (Å²) in [4.78, 5) is 49.1. The molecule has 45 heavy (non-hydrogen) atoms. The molecule has 0 aromatic heterocycles. The molecule has 2 fully saturated rings. The van der Waals surface area contributed by atoms with Crippen molar-refractivity contribution in [3.63, 3.8) is 0 Å². The van der Waals surface area contributed by atoms with Gasteiger partial charge in [0.15, 0.2) is 0 Å². The first-order valence-corrected chi connectivity index (χ1v) is 16.5. The van der Waals surface area contributed by atoms with E-state index in [-0.39, 0.29) is 53.8 Å². The molecule has 0 aromatic rings. The summed E-state index contributed by atoms with van der Waals surface area (Å²) < 4.78 is 12.8. The maximum atomic E-state index is 12.7. The number of carbonyl (C=O) groups excluding carboxylic acids is 3. The lowest BCUT2D eigenvalue weighted by Gasteiger charge is -2.48. The van der Waals surface area contributed by atoms with Gasteiger partial charge in [0.25, 0.3) is 5.96 Å². The average Bonchev–Trinajstić information content (AvgIpc) is 3.38. The van der Waals surface area contributed by atoms with Crippen LogP contribution in [0.5, 0.6) is 0 Å². The van der Waals surface area contributed by atoms with Crippen LogP contribution >= 0.6 is 0 Å². The maximum absolute atomic E-state index is 12.7. The minimum absolute atomic E-state index is 0.0368. The summed E-state index contributed by atoms with van der Waals surface area (Å²) in [5.74, 6) is 0.565. The van der Waals surface area contributed by atoms with Crippen molar-refractivity contribution < 1.29 is 33.9 Å². The molecule has 0 aromatic carbocycles. The van der Waals surface area contributed by atoms with E-state index in [1.54, 1.807) is 0 Å². The van der Waals surface area contributed by atoms with Gasteiger partial charge < -0.3 is 31.0 Å². The fourth-order valence-corrected chi connectivity index (χ4v) is 5.90. The van der Waals surface area contributed by atoms with Crippen LogP contribution in [-0.2, 0) is 23.7 Å². The molecule has 258 valence electrons. The standard InChI is InChI=1S/C26H48BN3O5.C4H11N4O2/c1-8-20-15-21-25(18(4)26(20,6)7)35-27(34-21)22(14-17(2)3)30-24(33)16-29-23(32)12-10-9-11-13-28-19(5)31;1-2-3-6-4(5)7-8(9)10/h17-18,20-22,25H,8-16H2,1-7H3,(H,28,31)(H,29,32)(H,30,33);2-3H2,1H3,(H,9,10)(H3,5,6,7)/q;+1/t18?,20?,21-,22+,25+;/m1./s1. The van der Waals surface area contributed by atoms with E-state index >= 15 is 0 Å². The topological polar surface area (TPSA) is 196 Å². The number of rotatable bonds is 16. The highest BCUT2D eigenvalue weighted by atomic mass is 16.7. The number of amides is 3. The summed E-state index contributed by atoms with van der Waals surface area (Å²) in [6.07, 6.45) is 6.56. The van der Waals surface area contributed by atoms with Crippen LogP contribution in [0, 0.1) is 28.1 Å². The molecule has 2 aliphatic rings. The van der Waals surface area contributed by atoms with Crippen molar-refractivity contribution in [3.05, 3.63) is 4.91 Å². The molecule has 1 aliphatic carbocycles. The number of fused-ring (bicyclic) bond motifs is 1. The highest BCUT2D eigenvalue weighted by Crippen LogP contribution is 2.50. The first kappa shape index (κ1) is 40.1. The first-order valence-electron chi connectivity index (χ1n) is 16.5. The third kappa shape index (κ3) is 14.8. The molecule has 5 atom stereocenters. The molecular formula is C30H59BN7O7+. The fourth-order valence-electron chi connectivity index (χ4n) is 5.90. The summed E-state index contributed by atoms with van der Waals surface area (Å²) in [6.45, 7) is 17.9. The second-order valence-electron chi connectivity index (χ2n) is 13.1. The van der Waals surface area contributed by atoms with Gasteiger partial charge in [-0.1, -0.05) is 61.3 Å². The Labute approximate surface area is 269 Å². The van der Waals surface area contributed by atoms with Crippen LogP contribution in [0.1, 0.15) is 107 Å². The van der Waals surface area contributed by atoms with Gasteiger partial charge in [0.1, 0.15) is 4.91 Å². The monoisotopic (exact) mass is 640 g/mol. The van der Waals surface area contributed by atoms with Crippen molar-refractivity contribution in [1.29, 1.82) is 0 Å². The molecule has 0 radical (unpaired) electrons. The molecule has 2 unspecified atom stereocenters. The van der Waals surface area contributed by atoms with Crippen LogP contribution < -0.4 is 27.1 Å². The van der Waals surface area contributed by atoms with Crippen LogP contribution in [0.25, 0.3) is 0 Å². The Hall–Kier alpha value is -2.94. The number of nitrogens with two attached hydrogens (primary N) is 1. The lowest BCUT2D eigenvalue weighted by Crippen LogP contribution is -2.51. The molecule has 1 heterocycles. The number of unbranched alkanes of at least 4 members (excludes halogenated alkanes) is 2. The largest absolute Gasteiger partial charge is 0.481 e. The van der Waals surface area contributed by atoms with Gasteiger partial charge >= 0.3 is 12.2 Å². The minimum atomic E-state index is -0.492. The Balaban J connectivity index is 0.000000868. The van der Waals surface area contributed by atoms with Crippen LogP contribution in [0.4, 0.5) is 0 Å². The molecule has 2 rings (SSSR count). The summed E-state index contributed by atoms with van der Waals surface area (Å²) >= 11 is 0. The molecule has 15 heteroatoms. The highest BCUT2D eigenvalue weighted by Gasteiger charge is 2.54. The Bertz CT molecular complexity index is 982. The summed E-state index contributed by atoms with van der Waals surface area (Å²) in [7, 11) is -0.468. The van der Waals surface area contributed by atoms with Gasteiger partial charge in [0.2, 0.25) is 17.7 Å². The van der Waals surface area contributed by atoms with Crippen molar-refractivity contribution >= 4 is 30.8 Å². The number of carbonyl (C=O) groups is 3. The van der Waals surface area contributed by atoms with E-state index in [1.165, 1.54) is 6.92 Å². The van der Waals surface area contributed by atoms with Gasteiger partial charge in [-0.2, -0.15) is 0 Å². The first-order chi connectivity index (χ1) is 21.1. The van der Waals surface area contributed by atoms with E-state index in [0.717, 1.165) is 44.9 Å². The Morgan fingerprint density at radius 2 is 1.80 bits per heavy atom. The van der Waals surface area contributed by atoms with Crippen LogP contribution in [0.15, 0.2) is 4.99 Å². The van der Waals surface area contributed by atoms with E-state index in [9.17, 15) is 19.3 Å². The summed E-state index contributed by atoms with van der Waals surface area (Å²) in [5.41, 5.74) is 7.12. The third-order valence-corrected chi connectivity index (χ3v) is 8.71. The minimum Gasteiger partial charge on any atom is -0.404 e. The van der Waals surface area contributed by atoms with E-state index in [0.29, 0.717) is 37.3 Å².